The van der Waals surface area contributed by atoms with Crippen molar-refractivity contribution in [3.63, 3.8) is 0 Å². The lowest BCUT2D eigenvalue weighted by atomic mass is 10.1. The molecule has 1 saturated heterocycles. The molecule has 4 rings (SSSR count). The van der Waals surface area contributed by atoms with E-state index in [4.69, 9.17) is 0 Å². The molecule has 0 atom stereocenters. The largest absolute Gasteiger partial charge is 0.347 e. The van der Waals surface area contributed by atoms with Crippen LogP contribution in [0.3, 0.4) is 0 Å². The SMILES string of the molecule is O=C(NCc1ccc(CN2CCCCCC2)cc1)c1n[nH]c2ccc([N+](=O)[O-])cc12. The predicted octanol–water partition coefficient (Wildman–Crippen LogP) is 3.78. The van der Waals surface area contributed by atoms with Crippen molar-refractivity contribution in [3.8, 4) is 0 Å². The van der Waals surface area contributed by atoms with Crippen LogP contribution in [-0.4, -0.2) is 39.0 Å². The standard InChI is InChI=1S/C22H25N5O3/c28-22(21-19-13-18(27(29)30)9-10-20(19)24-25-21)23-14-16-5-7-17(8-6-16)15-26-11-3-1-2-4-12-26/h5-10,13H,1-4,11-12,14-15H2,(H,23,28)(H,24,25). The smallest absolute Gasteiger partial charge is 0.272 e. The second-order valence-corrected chi connectivity index (χ2v) is 7.75. The first-order valence-corrected chi connectivity index (χ1v) is 10.3. The zero-order valence-electron chi connectivity index (χ0n) is 16.8. The lowest BCUT2D eigenvalue weighted by Crippen LogP contribution is -2.24. The quantitative estimate of drug-likeness (QED) is 0.478. The first-order chi connectivity index (χ1) is 14.6. The number of carbonyl (C=O) groups excluding carboxylic acids is 1. The van der Waals surface area contributed by atoms with E-state index in [-0.39, 0.29) is 17.3 Å². The summed E-state index contributed by atoms with van der Waals surface area (Å²) in [6.07, 6.45) is 5.20. The number of nitro benzene ring substituents is 1. The Morgan fingerprint density at radius 3 is 2.47 bits per heavy atom. The minimum absolute atomic E-state index is 0.0713. The molecule has 156 valence electrons. The molecule has 2 aromatic carbocycles. The van der Waals surface area contributed by atoms with Crippen LogP contribution in [0.15, 0.2) is 42.5 Å². The fraction of sp³-hybridized carbons (Fsp3) is 0.364. The van der Waals surface area contributed by atoms with Gasteiger partial charge in [-0.1, -0.05) is 37.1 Å². The number of hydrogen-bond donors (Lipinski definition) is 2. The third-order valence-electron chi connectivity index (χ3n) is 5.55. The number of carbonyl (C=O) groups is 1. The molecule has 8 heteroatoms. The third-order valence-corrected chi connectivity index (χ3v) is 5.55. The van der Waals surface area contributed by atoms with Gasteiger partial charge in [0.25, 0.3) is 11.6 Å². The number of fused-ring (bicyclic) bond motifs is 1. The van der Waals surface area contributed by atoms with Crippen molar-refractivity contribution in [1.82, 2.24) is 20.4 Å². The van der Waals surface area contributed by atoms with Crippen molar-refractivity contribution in [2.45, 2.75) is 38.8 Å². The zero-order chi connectivity index (χ0) is 20.9. The summed E-state index contributed by atoms with van der Waals surface area (Å²) in [7, 11) is 0. The van der Waals surface area contributed by atoms with E-state index in [2.05, 4.69) is 32.5 Å². The van der Waals surface area contributed by atoms with Crippen molar-refractivity contribution >= 4 is 22.5 Å². The maximum atomic E-state index is 12.6. The number of nitrogens with zero attached hydrogens (tertiary/aromatic N) is 3. The molecule has 1 aliphatic rings. The van der Waals surface area contributed by atoms with Gasteiger partial charge in [-0.2, -0.15) is 5.10 Å². The lowest BCUT2D eigenvalue weighted by molar-refractivity contribution is -0.384. The molecule has 1 aliphatic heterocycles. The van der Waals surface area contributed by atoms with E-state index in [0.717, 1.165) is 25.2 Å². The summed E-state index contributed by atoms with van der Waals surface area (Å²) in [5.74, 6) is -0.365. The van der Waals surface area contributed by atoms with Crippen LogP contribution in [0.1, 0.15) is 47.3 Å². The van der Waals surface area contributed by atoms with Crippen molar-refractivity contribution in [1.29, 1.82) is 0 Å². The number of H-pyrrole nitrogens is 1. The summed E-state index contributed by atoms with van der Waals surface area (Å²) in [6, 6.07) is 12.6. The van der Waals surface area contributed by atoms with Gasteiger partial charge in [-0.25, -0.2) is 0 Å². The molecule has 0 saturated carbocycles. The summed E-state index contributed by atoms with van der Waals surface area (Å²) in [5.41, 5.74) is 2.94. The molecule has 0 bridgehead atoms. The van der Waals surface area contributed by atoms with Gasteiger partial charge in [0.1, 0.15) is 0 Å². The van der Waals surface area contributed by atoms with E-state index in [1.165, 1.54) is 43.4 Å². The van der Waals surface area contributed by atoms with Gasteiger partial charge in [0, 0.05) is 30.6 Å². The Bertz CT molecular complexity index is 1040. The number of non-ortho nitro benzene ring substituents is 1. The molecule has 2 heterocycles. The maximum absolute atomic E-state index is 12.6. The Morgan fingerprint density at radius 1 is 1.07 bits per heavy atom. The molecule has 30 heavy (non-hydrogen) atoms. The summed E-state index contributed by atoms with van der Waals surface area (Å²) in [4.78, 5) is 25.6. The monoisotopic (exact) mass is 407 g/mol. The van der Waals surface area contributed by atoms with Crippen LogP contribution in [0.4, 0.5) is 5.69 Å². The van der Waals surface area contributed by atoms with Crippen molar-refractivity contribution in [2.24, 2.45) is 0 Å². The van der Waals surface area contributed by atoms with Gasteiger partial charge in [-0.15, -0.1) is 0 Å². The molecule has 0 radical (unpaired) electrons. The summed E-state index contributed by atoms with van der Waals surface area (Å²) >= 11 is 0. The number of rotatable bonds is 6. The van der Waals surface area contributed by atoms with Crippen LogP contribution in [0, 0.1) is 10.1 Å². The van der Waals surface area contributed by atoms with Gasteiger partial charge < -0.3 is 5.32 Å². The maximum Gasteiger partial charge on any atom is 0.272 e. The molecule has 1 amide bonds. The first kappa shape index (κ1) is 20.0. The normalized spacial score (nSPS) is 15.1. The lowest BCUT2D eigenvalue weighted by Gasteiger charge is -2.19. The van der Waals surface area contributed by atoms with Gasteiger partial charge in [-0.3, -0.25) is 24.9 Å². The Hall–Kier alpha value is -3.26. The van der Waals surface area contributed by atoms with Crippen LogP contribution in [0.5, 0.6) is 0 Å². The van der Waals surface area contributed by atoms with Crippen molar-refractivity contribution < 1.29 is 9.72 Å². The van der Waals surface area contributed by atoms with Crippen LogP contribution in [0.25, 0.3) is 10.9 Å². The molecular weight excluding hydrogens is 382 g/mol. The molecule has 0 spiro atoms. The van der Waals surface area contributed by atoms with Crippen molar-refractivity contribution in [2.75, 3.05) is 13.1 Å². The number of nitro groups is 1. The van der Waals surface area contributed by atoms with Crippen LogP contribution in [-0.2, 0) is 13.1 Å². The molecule has 3 aromatic rings. The van der Waals surface area contributed by atoms with Gasteiger partial charge in [0.15, 0.2) is 5.69 Å². The van der Waals surface area contributed by atoms with Crippen LogP contribution in [0.2, 0.25) is 0 Å². The number of aromatic amines is 1. The van der Waals surface area contributed by atoms with E-state index in [0.29, 0.717) is 17.4 Å². The predicted molar refractivity (Wildman–Crippen MR) is 114 cm³/mol. The van der Waals surface area contributed by atoms with Crippen LogP contribution >= 0.6 is 0 Å². The minimum atomic E-state index is -0.485. The first-order valence-electron chi connectivity index (χ1n) is 10.3. The van der Waals surface area contributed by atoms with E-state index >= 15 is 0 Å². The summed E-state index contributed by atoms with van der Waals surface area (Å²) < 4.78 is 0. The topological polar surface area (TPSA) is 104 Å². The highest BCUT2D eigenvalue weighted by molar-refractivity contribution is 6.05. The summed E-state index contributed by atoms with van der Waals surface area (Å²) in [6.45, 7) is 3.65. The van der Waals surface area contributed by atoms with Crippen LogP contribution < -0.4 is 5.32 Å². The highest BCUT2D eigenvalue weighted by Gasteiger charge is 2.17. The van der Waals surface area contributed by atoms with Crippen molar-refractivity contribution in [3.05, 3.63) is 69.4 Å². The average Bonchev–Trinajstić information content (AvgIpc) is 3.01. The van der Waals surface area contributed by atoms with Gasteiger partial charge in [0.2, 0.25) is 0 Å². The van der Waals surface area contributed by atoms with Gasteiger partial charge >= 0.3 is 0 Å². The molecule has 8 nitrogen and oxygen atoms in total. The second-order valence-electron chi connectivity index (χ2n) is 7.75. The second kappa shape index (κ2) is 9.04. The Labute approximate surface area is 174 Å². The Morgan fingerprint density at radius 2 is 1.77 bits per heavy atom. The Kier molecular flexibility index (Phi) is 6.04. The van der Waals surface area contributed by atoms with E-state index in [1.807, 2.05) is 12.1 Å². The number of aromatic nitrogens is 2. The number of hydrogen-bond acceptors (Lipinski definition) is 5. The van der Waals surface area contributed by atoms with E-state index in [9.17, 15) is 14.9 Å². The highest BCUT2D eigenvalue weighted by atomic mass is 16.6. The molecule has 0 aliphatic carbocycles. The molecule has 1 fully saturated rings. The fourth-order valence-electron chi connectivity index (χ4n) is 3.87. The van der Waals surface area contributed by atoms with E-state index < -0.39 is 4.92 Å². The number of nitrogens with one attached hydrogen (secondary N) is 2. The number of benzene rings is 2. The number of amides is 1. The third kappa shape index (κ3) is 4.65. The van der Waals surface area contributed by atoms with Gasteiger partial charge in [-0.05, 0) is 43.1 Å². The number of likely N-dealkylation sites (tertiary alicyclic amines) is 1. The molecule has 1 aromatic heterocycles. The zero-order valence-corrected chi connectivity index (χ0v) is 16.8. The summed E-state index contributed by atoms with van der Waals surface area (Å²) in [5, 5.41) is 21.1. The molecule has 0 unspecified atom stereocenters. The minimum Gasteiger partial charge on any atom is -0.347 e. The Balaban J connectivity index is 1.37. The molecular formula is C22H25N5O3. The van der Waals surface area contributed by atoms with E-state index in [1.54, 1.807) is 6.07 Å². The van der Waals surface area contributed by atoms with Gasteiger partial charge in [0.05, 0.1) is 10.4 Å². The average molecular weight is 407 g/mol. The highest BCUT2D eigenvalue weighted by Crippen LogP contribution is 2.22. The fourth-order valence-corrected chi connectivity index (χ4v) is 3.87. The molecule has 2 N–H and O–H groups in total.